The van der Waals surface area contributed by atoms with Crippen molar-refractivity contribution in [2.75, 3.05) is 15.4 Å². The largest absolute Gasteiger partial charge is 0.507 e. The third kappa shape index (κ3) is 3.64. The van der Waals surface area contributed by atoms with Gasteiger partial charge in [-0.25, -0.2) is 17.5 Å². The summed E-state index contributed by atoms with van der Waals surface area (Å²) >= 11 is 6.02. The highest BCUT2D eigenvalue weighted by Gasteiger charge is 2.37. The van der Waals surface area contributed by atoms with Crippen LogP contribution in [0.3, 0.4) is 0 Å². The van der Waals surface area contributed by atoms with E-state index in [2.05, 4.69) is 5.32 Å². The highest BCUT2D eigenvalue weighted by Crippen LogP contribution is 2.33. The molecule has 146 valence electrons. The number of sulfonamides is 1. The van der Waals surface area contributed by atoms with Crippen LogP contribution >= 0.6 is 11.6 Å². The van der Waals surface area contributed by atoms with Crippen LogP contribution in [0.15, 0.2) is 36.4 Å². The lowest BCUT2D eigenvalue weighted by Gasteiger charge is -2.17. The number of aromatic carboxylic acids is 1. The average Bonchev–Trinajstić information content (AvgIpc) is 2.88. The van der Waals surface area contributed by atoms with Crippen LogP contribution in [-0.4, -0.2) is 42.2 Å². The second kappa shape index (κ2) is 7.13. The number of hydrogen-bond donors (Lipinski definition) is 3. The molecule has 1 saturated heterocycles. The fraction of sp³-hybridized carbons (Fsp3) is 0.118. The second-order valence-electron chi connectivity index (χ2n) is 5.88. The summed E-state index contributed by atoms with van der Waals surface area (Å²) in [6.07, 6.45) is -0.176. The summed E-state index contributed by atoms with van der Waals surface area (Å²) < 4.78 is 24.8. The van der Waals surface area contributed by atoms with Crippen molar-refractivity contribution in [3.8, 4) is 5.75 Å². The molecule has 0 atom stereocenters. The minimum atomic E-state index is -3.85. The quantitative estimate of drug-likeness (QED) is 0.682. The first kappa shape index (κ1) is 19.6. The maximum atomic E-state index is 12.5. The first-order valence-corrected chi connectivity index (χ1v) is 9.82. The number of phenols is 1. The van der Waals surface area contributed by atoms with Crippen LogP contribution in [0.2, 0.25) is 5.02 Å². The van der Waals surface area contributed by atoms with Crippen molar-refractivity contribution < 1.29 is 33.0 Å². The first-order chi connectivity index (χ1) is 13.1. The van der Waals surface area contributed by atoms with Crippen LogP contribution in [0.4, 0.5) is 11.4 Å². The minimum Gasteiger partial charge on any atom is -0.507 e. The van der Waals surface area contributed by atoms with Gasteiger partial charge in [-0.3, -0.25) is 9.59 Å². The molecule has 28 heavy (non-hydrogen) atoms. The lowest BCUT2D eigenvalue weighted by molar-refractivity contribution is -0.116. The molecule has 9 nitrogen and oxygen atoms in total. The molecule has 2 aromatic carbocycles. The number of nitrogens with one attached hydrogen (secondary N) is 1. The Bertz CT molecular complexity index is 1110. The Labute approximate surface area is 164 Å². The molecule has 0 aliphatic carbocycles. The summed E-state index contributed by atoms with van der Waals surface area (Å²) in [5.41, 5.74) is -0.324. The van der Waals surface area contributed by atoms with Gasteiger partial charge in [-0.05, 0) is 30.3 Å². The number of carboxylic acid groups (broad SMARTS) is 1. The van der Waals surface area contributed by atoms with Crippen molar-refractivity contribution in [2.45, 2.75) is 6.42 Å². The topological polar surface area (TPSA) is 141 Å². The van der Waals surface area contributed by atoms with E-state index in [-0.39, 0.29) is 39.7 Å². The molecule has 2 aromatic rings. The number of carbonyl (C=O) groups excluding carboxylic acids is 2. The molecule has 3 N–H and O–H groups in total. The van der Waals surface area contributed by atoms with Gasteiger partial charge < -0.3 is 15.5 Å². The Morgan fingerprint density at radius 1 is 1.14 bits per heavy atom. The van der Waals surface area contributed by atoms with Crippen molar-refractivity contribution in [1.82, 2.24) is 0 Å². The highest BCUT2D eigenvalue weighted by atomic mass is 35.5. The van der Waals surface area contributed by atoms with E-state index in [0.717, 1.165) is 12.1 Å². The Morgan fingerprint density at radius 3 is 2.43 bits per heavy atom. The van der Waals surface area contributed by atoms with Crippen molar-refractivity contribution in [2.24, 2.45) is 0 Å². The molecular weight excluding hydrogens is 412 g/mol. The van der Waals surface area contributed by atoms with Crippen LogP contribution in [0.1, 0.15) is 27.1 Å². The summed E-state index contributed by atoms with van der Waals surface area (Å²) in [7, 11) is -3.85. The Morgan fingerprint density at radius 2 is 1.86 bits per heavy atom. The molecule has 1 aliphatic rings. The zero-order valence-electron chi connectivity index (χ0n) is 14.0. The van der Waals surface area contributed by atoms with E-state index in [9.17, 15) is 27.9 Å². The number of halogens is 1. The van der Waals surface area contributed by atoms with E-state index in [0.29, 0.717) is 4.31 Å². The molecule has 3 rings (SSSR count). The van der Waals surface area contributed by atoms with Crippen LogP contribution in [0.25, 0.3) is 0 Å². The van der Waals surface area contributed by atoms with Crippen molar-refractivity contribution in [3.63, 3.8) is 0 Å². The molecule has 1 fully saturated rings. The molecule has 1 aliphatic heterocycles. The Balaban J connectivity index is 1.90. The number of carboxylic acids is 1. The molecule has 0 unspecified atom stereocenters. The fourth-order valence-corrected chi connectivity index (χ4v) is 4.37. The molecule has 11 heteroatoms. The number of anilines is 2. The minimum absolute atomic E-state index is 0.0103. The lowest BCUT2D eigenvalue weighted by Crippen LogP contribution is -2.29. The number of hydrogen-bond acceptors (Lipinski definition) is 6. The predicted molar refractivity (Wildman–Crippen MR) is 100 cm³/mol. The fourth-order valence-electron chi connectivity index (χ4n) is 2.65. The normalized spacial score (nSPS) is 15.5. The zero-order chi connectivity index (χ0) is 20.6. The molecule has 0 bridgehead atoms. The maximum absolute atomic E-state index is 12.5. The standard InChI is InChI=1S/C17H13ClN2O7S/c18-12-4-1-9(7-13(12)20-15(22)5-6-28(20,26)27)16(23)19-10-2-3-11(17(24)25)14(21)8-10/h1-4,7-8,21H,5-6H2,(H,19,23)(H,24,25). The molecule has 1 heterocycles. The lowest BCUT2D eigenvalue weighted by atomic mass is 10.1. The smallest absolute Gasteiger partial charge is 0.339 e. The van der Waals surface area contributed by atoms with E-state index in [1.54, 1.807) is 0 Å². The van der Waals surface area contributed by atoms with Gasteiger partial charge in [0.05, 0.1) is 16.5 Å². The molecular formula is C17H13ClN2O7S. The number of amides is 2. The van der Waals surface area contributed by atoms with Crippen LogP contribution in [0.5, 0.6) is 5.75 Å². The summed E-state index contributed by atoms with van der Waals surface area (Å²) in [6, 6.07) is 7.26. The van der Waals surface area contributed by atoms with Gasteiger partial charge >= 0.3 is 5.97 Å². The third-order valence-corrected chi connectivity index (χ3v) is 5.99. The number of rotatable bonds is 4. The van der Waals surface area contributed by atoms with Crippen molar-refractivity contribution in [3.05, 3.63) is 52.5 Å². The third-order valence-electron chi connectivity index (χ3n) is 3.99. The van der Waals surface area contributed by atoms with Gasteiger partial charge in [-0.2, -0.15) is 0 Å². The Kier molecular flexibility index (Phi) is 5.01. The van der Waals surface area contributed by atoms with E-state index < -0.39 is 33.6 Å². The Hall–Kier alpha value is -3.11. The molecule has 0 saturated carbocycles. The first-order valence-electron chi connectivity index (χ1n) is 7.83. The molecule has 0 spiro atoms. The second-order valence-corrected chi connectivity index (χ2v) is 8.23. The van der Waals surface area contributed by atoms with E-state index >= 15 is 0 Å². The van der Waals surface area contributed by atoms with Crippen LogP contribution < -0.4 is 9.62 Å². The van der Waals surface area contributed by atoms with Gasteiger partial charge in [0.2, 0.25) is 15.9 Å². The van der Waals surface area contributed by atoms with Gasteiger partial charge in [0.15, 0.2) is 0 Å². The van der Waals surface area contributed by atoms with Gasteiger partial charge in [0, 0.05) is 23.7 Å². The van der Waals surface area contributed by atoms with E-state index in [1.807, 2.05) is 0 Å². The van der Waals surface area contributed by atoms with E-state index in [1.165, 1.54) is 24.3 Å². The number of benzene rings is 2. The summed E-state index contributed by atoms with van der Waals surface area (Å²) in [6.45, 7) is 0. The molecule has 0 aromatic heterocycles. The monoisotopic (exact) mass is 424 g/mol. The molecule has 2 amide bonds. The molecule has 0 radical (unpaired) electrons. The summed E-state index contributed by atoms with van der Waals surface area (Å²) in [4.78, 5) is 35.3. The predicted octanol–water partition coefficient (Wildman–Crippen LogP) is 2.06. The summed E-state index contributed by atoms with van der Waals surface area (Å²) in [5.74, 6) is -3.52. The number of nitrogens with zero attached hydrogens (tertiary/aromatic N) is 1. The van der Waals surface area contributed by atoms with Crippen LogP contribution in [0, 0.1) is 0 Å². The average molecular weight is 425 g/mol. The van der Waals surface area contributed by atoms with Gasteiger partial charge in [0.1, 0.15) is 11.3 Å². The van der Waals surface area contributed by atoms with Crippen LogP contribution in [-0.2, 0) is 14.8 Å². The van der Waals surface area contributed by atoms with Gasteiger partial charge in [-0.15, -0.1) is 0 Å². The maximum Gasteiger partial charge on any atom is 0.339 e. The van der Waals surface area contributed by atoms with E-state index in [4.69, 9.17) is 16.7 Å². The highest BCUT2D eigenvalue weighted by molar-refractivity contribution is 7.94. The van der Waals surface area contributed by atoms with Gasteiger partial charge in [-0.1, -0.05) is 11.6 Å². The SMILES string of the molecule is O=C(Nc1ccc(C(=O)O)c(O)c1)c1ccc(Cl)c(N2C(=O)CCS2(=O)=O)c1. The zero-order valence-corrected chi connectivity index (χ0v) is 15.6. The van der Waals surface area contributed by atoms with Gasteiger partial charge in [0.25, 0.3) is 5.91 Å². The number of carbonyl (C=O) groups is 3. The van der Waals surface area contributed by atoms with Crippen molar-refractivity contribution >= 4 is 50.8 Å². The number of aromatic hydroxyl groups is 1. The summed E-state index contributed by atoms with van der Waals surface area (Å²) in [5, 5.41) is 21.0. The van der Waals surface area contributed by atoms with Crippen molar-refractivity contribution in [1.29, 1.82) is 0 Å².